The Morgan fingerprint density at radius 1 is 1.32 bits per heavy atom. The summed E-state index contributed by atoms with van der Waals surface area (Å²) in [6, 6.07) is 9.50. The van der Waals surface area contributed by atoms with E-state index in [-0.39, 0.29) is 5.91 Å². The van der Waals surface area contributed by atoms with Gasteiger partial charge in [0.15, 0.2) is 0 Å². The first kappa shape index (κ1) is 16.4. The van der Waals surface area contributed by atoms with E-state index < -0.39 is 5.54 Å². The Bertz CT molecular complexity index is 541. The monoisotopic (exact) mass is 300 g/mol. The molecule has 0 aliphatic heterocycles. The van der Waals surface area contributed by atoms with Crippen LogP contribution >= 0.6 is 0 Å². The van der Waals surface area contributed by atoms with Crippen LogP contribution in [0.4, 0.5) is 0 Å². The predicted octanol–water partition coefficient (Wildman–Crippen LogP) is 3.77. The molecule has 1 aliphatic carbocycles. The summed E-state index contributed by atoms with van der Waals surface area (Å²) < 4.78 is 5.65. The lowest BCUT2D eigenvalue weighted by Gasteiger charge is -2.42. The molecule has 4 heteroatoms. The number of carbonyl (C=O) groups excluding carboxylic acids is 1. The molecule has 1 aliphatic rings. The summed E-state index contributed by atoms with van der Waals surface area (Å²) in [5.74, 6) is 0.688. The van der Waals surface area contributed by atoms with Crippen LogP contribution in [0.2, 0.25) is 0 Å². The van der Waals surface area contributed by atoms with Gasteiger partial charge >= 0.3 is 0 Å². The smallest absolute Gasteiger partial charge is 0.254 e. The van der Waals surface area contributed by atoms with E-state index in [2.05, 4.69) is 13.0 Å². The Labute approximate surface area is 132 Å². The third-order valence-corrected chi connectivity index (χ3v) is 4.45. The van der Waals surface area contributed by atoms with E-state index in [1.807, 2.05) is 12.1 Å². The van der Waals surface area contributed by atoms with Gasteiger partial charge in [0.1, 0.15) is 11.3 Å². The second-order valence-corrected chi connectivity index (χ2v) is 5.94. The quantitative estimate of drug-likeness (QED) is 0.720. The van der Waals surface area contributed by atoms with E-state index in [0.29, 0.717) is 12.2 Å². The summed E-state index contributed by atoms with van der Waals surface area (Å²) >= 11 is 0. The van der Waals surface area contributed by atoms with Crippen LogP contribution in [0, 0.1) is 11.3 Å². The fourth-order valence-electron chi connectivity index (χ4n) is 2.66. The molecule has 0 spiro atoms. The summed E-state index contributed by atoms with van der Waals surface area (Å²) in [7, 11) is 1.72. The van der Waals surface area contributed by atoms with Crippen molar-refractivity contribution in [2.24, 2.45) is 0 Å². The number of amides is 1. The zero-order valence-corrected chi connectivity index (χ0v) is 13.5. The highest BCUT2D eigenvalue weighted by molar-refractivity contribution is 5.95. The van der Waals surface area contributed by atoms with Crippen LogP contribution in [0.5, 0.6) is 5.75 Å². The molecule has 4 nitrogen and oxygen atoms in total. The molecule has 0 saturated heterocycles. The fraction of sp³-hybridized carbons (Fsp3) is 0.556. The first-order valence-corrected chi connectivity index (χ1v) is 8.05. The minimum absolute atomic E-state index is 0.0983. The van der Waals surface area contributed by atoms with Crippen LogP contribution in [-0.2, 0) is 0 Å². The Balaban J connectivity index is 1.95. The molecule has 0 aromatic heterocycles. The van der Waals surface area contributed by atoms with Crippen molar-refractivity contribution in [1.29, 1.82) is 5.26 Å². The van der Waals surface area contributed by atoms with Gasteiger partial charge in [-0.2, -0.15) is 5.26 Å². The van der Waals surface area contributed by atoms with Crippen molar-refractivity contribution in [2.75, 3.05) is 13.7 Å². The van der Waals surface area contributed by atoms with Gasteiger partial charge in [0, 0.05) is 12.6 Å². The molecule has 1 amide bonds. The minimum atomic E-state index is -0.605. The van der Waals surface area contributed by atoms with Crippen molar-refractivity contribution in [3.05, 3.63) is 29.8 Å². The standard InChI is InChI=1S/C18H24N2O2/c1-3-4-5-13-22-16-9-7-15(8-10-16)17(21)20(2)18(14-19)11-6-12-18/h7-10H,3-6,11-13H2,1-2H3. The van der Waals surface area contributed by atoms with Crippen molar-refractivity contribution in [2.45, 2.75) is 51.0 Å². The van der Waals surface area contributed by atoms with Gasteiger partial charge in [-0.3, -0.25) is 4.79 Å². The fourth-order valence-corrected chi connectivity index (χ4v) is 2.66. The summed E-state index contributed by atoms with van der Waals surface area (Å²) in [4.78, 5) is 14.1. The summed E-state index contributed by atoms with van der Waals surface area (Å²) in [5, 5.41) is 9.32. The molecule has 118 valence electrons. The van der Waals surface area contributed by atoms with Gasteiger partial charge in [0.2, 0.25) is 0 Å². The van der Waals surface area contributed by atoms with E-state index in [9.17, 15) is 10.1 Å². The predicted molar refractivity (Wildman–Crippen MR) is 85.8 cm³/mol. The Hall–Kier alpha value is -2.02. The number of unbranched alkanes of at least 4 members (excludes halogenated alkanes) is 2. The van der Waals surface area contributed by atoms with Crippen LogP contribution in [0.15, 0.2) is 24.3 Å². The largest absolute Gasteiger partial charge is 0.494 e. The maximum absolute atomic E-state index is 12.5. The lowest BCUT2D eigenvalue weighted by molar-refractivity contribution is 0.0497. The highest BCUT2D eigenvalue weighted by Gasteiger charge is 2.43. The molecule has 0 N–H and O–H groups in total. The van der Waals surface area contributed by atoms with Crippen molar-refractivity contribution in [3.8, 4) is 11.8 Å². The van der Waals surface area contributed by atoms with Crippen molar-refractivity contribution in [3.63, 3.8) is 0 Å². The molecule has 1 fully saturated rings. The van der Waals surface area contributed by atoms with Crippen LogP contribution in [0.1, 0.15) is 55.8 Å². The summed E-state index contributed by atoms with van der Waals surface area (Å²) in [6.45, 7) is 2.87. The van der Waals surface area contributed by atoms with Gasteiger partial charge in [0.05, 0.1) is 12.7 Å². The molecule has 0 atom stereocenters. The molecule has 2 rings (SSSR count). The zero-order valence-electron chi connectivity index (χ0n) is 13.5. The molecule has 22 heavy (non-hydrogen) atoms. The van der Waals surface area contributed by atoms with Crippen LogP contribution in [0.25, 0.3) is 0 Å². The second kappa shape index (κ2) is 7.31. The normalized spacial score (nSPS) is 15.5. The van der Waals surface area contributed by atoms with Crippen molar-refractivity contribution >= 4 is 5.91 Å². The number of hydrogen-bond donors (Lipinski definition) is 0. The first-order chi connectivity index (χ1) is 10.6. The van der Waals surface area contributed by atoms with Crippen molar-refractivity contribution in [1.82, 2.24) is 4.90 Å². The molecule has 1 aromatic carbocycles. The number of nitriles is 1. The number of carbonyl (C=O) groups is 1. The van der Waals surface area contributed by atoms with Crippen LogP contribution in [0.3, 0.4) is 0 Å². The number of rotatable bonds is 7. The van der Waals surface area contributed by atoms with E-state index in [4.69, 9.17) is 4.74 Å². The minimum Gasteiger partial charge on any atom is -0.494 e. The highest BCUT2D eigenvalue weighted by Crippen LogP contribution is 2.37. The molecule has 1 aromatic rings. The lowest BCUT2D eigenvalue weighted by atomic mass is 9.76. The van der Waals surface area contributed by atoms with Gasteiger partial charge in [-0.25, -0.2) is 0 Å². The second-order valence-electron chi connectivity index (χ2n) is 5.94. The molecular formula is C18H24N2O2. The Morgan fingerprint density at radius 3 is 2.50 bits per heavy atom. The van der Waals surface area contributed by atoms with Crippen molar-refractivity contribution < 1.29 is 9.53 Å². The molecule has 0 unspecified atom stereocenters. The Kier molecular flexibility index (Phi) is 5.43. The average Bonchev–Trinajstić information content (AvgIpc) is 2.51. The first-order valence-electron chi connectivity index (χ1n) is 8.05. The van der Waals surface area contributed by atoms with Crippen LogP contribution < -0.4 is 4.74 Å². The molecule has 0 radical (unpaired) electrons. The lowest BCUT2D eigenvalue weighted by Crippen LogP contribution is -2.53. The van der Waals surface area contributed by atoms with Gasteiger partial charge in [-0.15, -0.1) is 0 Å². The number of hydrogen-bond acceptors (Lipinski definition) is 3. The third kappa shape index (κ3) is 3.41. The molecule has 1 saturated carbocycles. The summed E-state index contributed by atoms with van der Waals surface area (Å²) in [6.07, 6.45) is 5.93. The average molecular weight is 300 g/mol. The number of nitrogens with zero attached hydrogens (tertiary/aromatic N) is 2. The van der Waals surface area contributed by atoms with E-state index in [1.165, 1.54) is 6.42 Å². The third-order valence-electron chi connectivity index (χ3n) is 4.45. The van der Waals surface area contributed by atoms with E-state index in [0.717, 1.165) is 37.9 Å². The molecular weight excluding hydrogens is 276 g/mol. The van der Waals surface area contributed by atoms with Gasteiger partial charge in [0.25, 0.3) is 5.91 Å². The molecule has 0 heterocycles. The van der Waals surface area contributed by atoms with Gasteiger partial charge in [-0.1, -0.05) is 19.8 Å². The van der Waals surface area contributed by atoms with Gasteiger partial charge < -0.3 is 9.64 Å². The Morgan fingerprint density at radius 2 is 2.00 bits per heavy atom. The number of ether oxygens (including phenoxy) is 1. The SMILES string of the molecule is CCCCCOc1ccc(C(=O)N(C)C2(C#N)CCC2)cc1. The van der Waals surface area contributed by atoms with E-state index in [1.54, 1.807) is 24.1 Å². The topological polar surface area (TPSA) is 53.3 Å². The van der Waals surface area contributed by atoms with Gasteiger partial charge in [-0.05, 0) is 49.9 Å². The summed E-state index contributed by atoms with van der Waals surface area (Å²) in [5.41, 5.74) is -0.00296. The maximum Gasteiger partial charge on any atom is 0.254 e. The van der Waals surface area contributed by atoms with E-state index >= 15 is 0 Å². The highest BCUT2D eigenvalue weighted by atomic mass is 16.5. The number of benzene rings is 1. The van der Waals surface area contributed by atoms with Crippen LogP contribution in [-0.4, -0.2) is 30.0 Å². The zero-order chi connectivity index (χ0) is 16.0. The maximum atomic E-state index is 12.5. The molecule has 0 bridgehead atoms.